The molecule has 0 bridgehead atoms. The Kier molecular flexibility index (Phi) is 3.88. The smallest absolute Gasteiger partial charge is 0.260 e. The van der Waals surface area contributed by atoms with E-state index in [1.54, 1.807) is 12.1 Å². The average Bonchev–Trinajstić information content (AvgIpc) is 3.20. The molecule has 0 saturated heterocycles. The minimum atomic E-state index is -0.344. The van der Waals surface area contributed by atoms with E-state index in [2.05, 4.69) is 15.1 Å². The molecule has 0 saturated carbocycles. The van der Waals surface area contributed by atoms with E-state index in [9.17, 15) is 9.18 Å². The molecule has 0 amide bonds. The van der Waals surface area contributed by atoms with Gasteiger partial charge in [0, 0.05) is 16.9 Å². The third kappa shape index (κ3) is 2.74. The summed E-state index contributed by atoms with van der Waals surface area (Å²) >= 11 is 1.45. The van der Waals surface area contributed by atoms with Gasteiger partial charge in [0.2, 0.25) is 0 Å². The second kappa shape index (κ2) is 6.07. The molecule has 1 aliphatic rings. The summed E-state index contributed by atoms with van der Waals surface area (Å²) in [4.78, 5) is 27.2. The first-order valence-electron chi connectivity index (χ1n) is 8.07. The zero-order chi connectivity index (χ0) is 17.6. The molecule has 0 aliphatic carbocycles. The molecule has 7 heteroatoms. The zero-order valence-electron chi connectivity index (χ0n) is 13.8. The van der Waals surface area contributed by atoms with Crippen LogP contribution in [0, 0.1) is 12.7 Å². The first-order chi connectivity index (χ1) is 12.1. The number of nitrogens with one attached hydrogen (secondary N) is 1. The topological polar surface area (TPSA) is 67.3 Å². The van der Waals surface area contributed by atoms with Gasteiger partial charge in [0.15, 0.2) is 11.9 Å². The number of aromatic nitrogens is 2. The highest BCUT2D eigenvalue weighted by molar-refractivity contribution is 7.19. The van der Waals surface area contributed by atoms with Crippen LogP contribution in [0.25, 0.3) is 21.3 Å². The number of fused-ring (bicyclic) bond motifs is 1. The Balaban J connectivity index is 1.82. The van der Waals surface area contributed by atoms with Crippen molar-refractivity contribution in [3.8, 4) is 11.1 Å². The molecular formula is C18H16FN3O2S. The van der Waals surface area contributed by atoms with E-state index in [1.807, 2.05) is 13.8 Å². The van der Waals surface area contributed by atoms with Gasteiger partial charge in [-0.25, -0.2) is 9.37 Å². The monoisotopic (exact) mass is 357 g/mol. The first kappa shape index (κ1) is 16.0. The van der Waals surface area contributed by atoms with E-state index in [0.717, 1.165) is 28.1 Å². The van der Waals surface area contributed by atoms with Gasteiger partial charge in [0.05, 0.1) is 11.1 Å². The van der Waals surface area contributed by atoms with E-state index in [4.69, 9.17) is 4.84 Å². The van der Waals surface area contributed by atoms with Crippen LogP contribution in [0.5, 0.6) is 0 Å². The van der Waals surface area contributed by atoms with Gasteiger partial charge in [-0.15, -0.1) is 11.3 Å². The summed E-state index contributed by atoms with van der Waals surface area (Å²) in [5.74, 6) is 0.192. The fourth-order valence-corrected chi connectivity index (χ4v) is 4.09. The lowest BCUT2D eigenvalue weighted by Gasteiger charge is -2.07. The lowest BCUT2D eigenvalue weighted by Crippen LogP contribution is -2.14. The Morgan fingerprint density at radius 1 is 1.36 bits per heavy atom. The van der Waals surface area contributed by atoms with E-state index in [1.165, 1.54) is 23.5 Å². The van der Waals surface area contributed by atoms with Crippen LogP contribution in [-0.4, -0.2) is 15.7 Å². The predicted octanol–water partition coefficient (Wildman–Crippen LogP) is 4.33. The number of hydrogen-bond acceptors (Lipinski definition) is 5. The van der Waals surface area contributed by atoms with Crippen LogP contribution in [0.4, 0.5) is 4.39 Å². The molecule has 1 N–H and O–H groups in total. The van der Waals surface area contributed by atoms with Gasteiger partial charge in [-0.2, -0.15) is 0 Å². The number of oxime groups is 1. The van der Waals surface area contributed by atoms with Gasteiger partial charge in [0.1, 0.15) is 10.6 Å². The number of aromatic amines is 1. The van der Waals surface area contributed by atoms with E-state index in [0.29, 0.717) is 22.5 Å². The number of H-pyrrole nitrogens is 1. The Morgan fingerprint density at radius 3 is 2.80 bits per heavy atom. The highest BCUT2D eigenvalue weighted by atomic mass is 32.1. The van der Waals surface area contributed by atoms with Crippen molar-refractivity contribution >= 4 is 27.3 Å². The van der Waals surface area contributed by atoms with Gasteiger partial charge >= 0.3 is 0 Å². The number of thiophene rings is 1. The van der Waals surface area contributed by atoms with E-state index >= 15 is 0 Å². The molecule has 1 aromatic carbocycles. The van der Waals surface area contributed by atoms with Crippen molar-refractivity contribution in [3.63, 3.8) is 0 Å². The summed E-state index contributed by atoms with van der Waals surface area (Å²) in [5.41, 5.74) is 2.36. The van der Waals surface area contributed by atoms with Crippen LogP contribution in [0.1, 0.15) is 36.6 Å². The highest BCUT2D eigenvalue weighted by Crippen LogP contribution is 2.36. The fourth-order valence-electron chi connectivity index (χ4n) is 3.03. The summed E-state index contributed by atoms with van der Waals surface area (Å²) in [7, 11) is 0. The molecule has 1 unspecified atom stereocenters. The zero-order valence-corrected chi connectivity index (χ0v) is 14.6. The number of benzene rings is 1. The highest BCUT2D eigenvalue weighted by Gasteiger charge is 2.26. The lowest BCUT2D eigenvalue weighted by atomic mass is 10.0. The molecular weight excluding hydrogens is 341 g/mol. The van der Waals surface area contributed by atoms with Crippen LogP contribution in [-0.2, 0) is 4.84 Å². The van der Waals surface area contributed by atoms with Crippen molar-refractivity contribution in [2.24, 2.45) is 5.16 Å². The quantitative estimate of drug-likeness (QED) is 0.759. The van der Waals surface area contributed by atoms with E-state index in [-0.39, 0.29) is 17.5 Å². The summed E-state index contributed by atoms with van der Waals surface area (Å²) in [6, 6.07) is 6.14. The summed E-state index contributed by atoms with van der Waals surface area (Å²) < 4.78 is 13.2. The Hall–Kier alpha value is -2.54. The number of nitrogens with zero attached hydrogens (tertiary/aromatic N) is 2. The fraction of sp³-hybridized carbons (Fsp3) is 0.278. The third-order valence-corrected chi connectivity index (χ3v) is 5.33. The van der Waals surface area contributed by atoms with E-state index < -0.39 is 0 Å². The van der Waals surface area contributed by atoms with Crippen molar-refractivity contribution < 1.29 is 9.23 Å². The summed E-state index contributed by atoms with van der Waals surface area (Å²) in [6.45, 7) is 3.95. The second-order valence-corrected chi connectivity index (χ2v) is 7.18. The molecule has 25 heavy (non-hydrogen) atoms. The lowest BCUT2D eigenvalue weighted by molar-refractivity contribution is 0.0792. The second-order valence-electron chi connectivity index (χ2n) is 5.98. The molecule has 0 radical (unpaired) electrons. The van der Waals surface area contributed by atoms with Crippen molar-refractivity contribution in [2.75, 3.05) is 0 Å². The predicted molar refractivity (Wildman–Crippen MR) is 96.5 cm³/mol. The third-order valence-electron chi connectivity index (χ3n) is 4.33. The van der Waals surface area contributed by atoms with Gasteiger partial charge in [-0.05, 0) is 31.0 Å². The molecule has 5 nitrogen and oxygen atoms in total. The van der Waals surface area contributed by atoms with Crippen LogP contribution in [0.2, 0.25) is 0 Å². The van der Waals surface area contributed by atoms with Crippen molar-refractivity contribution in [2.45, 2.75) is 32.8 Å². The Morgan fingerprint density at radius 2 is 2.12 bits per heavy atom. The summed E-state index contributed by atoms with van der Waals surface area (Å²) in [6.07, 6.45) is 1.11. The minimum absolute atomic E-state index is 0.211. The maximum atomic E-state index is 13.2. The number of rotatable bonds is 3. The molecule has 2 aromatic heterocycles. The number of hydrogen-bond donors (Lipinski definition) is 1. The van der Waals surface area contributed by atoms with Gasteiger partial charge in [0.25, 0.3) is 5.56 Å². The standard InChI is InChI=1S/C18H16FN3O2S/c1-3-12-8-13(24-22-12)16-20-17(23)15-14(9(2)25-18(15)21-16)10-4-6-11(19)7-5-10/h4-7,13H,3,8H2,1-2H3,(H,20,21,23). The molecule has 0 fully saturated rings. The Labute approximate surface area is 147 Å². The van der Waals surface area contributed by atoms with Gasteiger partial charge in [-0.3, -0.25) is 4.79 Å². The van der Waals surface area contributed by atoms with Crippen molar-refractivity contribution in [3.05, 3.63) is 51.1 Å². The van der Waals surface area contributed by atoms with Crippen LogP contribution >= 0.6 is 11.3 Å². The molecule has 4 rings (SSSR count). The maximum absolute atomic E-state index is 13.2. The SMILES string of the molecule is CCC1=NOC(c2nc3sc(C)c(-c4ccc(F)cc4)c3c(=O)[nH]2)C1. The molecule has 1 atom stereocenters. The normalized spacial score (nSPS) is 16.9. The minimum Gasteiger partial charge on any atom is -0.384 e. The summed E-state index contributed by atoms with van der Waals surface area (Å²) in [5, 5.41) is 4.56. The van der Waals surface area contributed by atoms with Crippen LogP contribution < -0.4 is 5.56 Å². The molecule has 128 valence electrons. The number of aryl methyl sites for hydroxylation is 1. The molecule has 3 aromatic rings. The molecule has 0 spiro atoms. The van der Waals surface area contributed by atoms with Crippen LogP contribution in [0.3, 0.4) is 0 Å². The van der Waals surface area contributed by atoms with Crippen molar-refractivity contribution in [1.29, 1.82) is 0 Å². The Bertz CT molecular complexity index is 1040. The first-order valence-corrected chi connectivity index (χ1v) is 8.89. The number of halogens is 1. The maximum Gasteiger partial charge on any atom is 0.260 e. The van der Waals surface area contributed by atoms with Crippen molar-refractivity contribution in [1.82, 2.24) is 9.97 Å². The van der Waals surface area contributed by atoms with Gasteiger partial charge in [-0.1, -0.05) is 24.2 Å². The molecule has 1 aliphatic heterocycles. The van der Waals surface area contributed by atoms with Crippen LogP contribution in [0.15, 0.2) is 34.2 Å². The molecule has 3 heterocycles. The average molecular weight is 357 g/mol. The largest absolute Gasteiger partial charge is 0.384 e. The van der Waals surface area contributed by atoms with Gasteiger partial charge < -0.3 is 9.82 Å².